The Balaban J connectivity index is 1.64. The molecule has 5 nitrogen and oxygen atoms in total. The molecule has 3 rings (SSSR count). The summed E-state index contributed by atoms with van der Waals surface area (Å²) in [5, 5.41) is 2.12. The molecule has 2 saturated carbocycles. The number of fused-ring (bicyclic) bond motifs is 2. The van der Waals surface area contributed by atoms with Crippen LogP contribution in [-0.4, -0.2) is 45.7 Å². The minimum Gasteiger partial charge on any atom is -0.462 e. The lowest BCUT2D eigenvalue weighted by Crippen LogP contribution is -2.88. The van der Waals surface area contributed by atoms with Crippen LogP contribution in [0.4, 0.5) is 0 Å². The summed E-state index contributed by atoms with van der Waals surface area (Å²) in [4.78, 5) is 12.4. The predicted octanol–water partition coefficient (Wildman–Crippen LogP) is 1.48. The summed E-state index contributed by atoms with van der Waals surface area (Å²) in [6, 6.07) is 0. The van der Waals surface area contributed by atoms with Gasteiger partial charge in [0.15, 0.2) is 0 Å². The first-order valence-corrected chi connectivity index (χ1v) is 9.24. The smallest absolute Gasteiger partial charge is 0.315 e. The molecule has 0 bridgehead atoms. The van der Waals surface area contributed by atoms with Gasteiger partial charge in [0, 0.05) is 20.1 Å². The molecule has 5 atom stereocenters. The fraction of sp³-hybridized carbons (Fsp3) is 0.842. The molecule has 2 N–H and O–H groups in total. The summed E-state index contributed by atoms with van der Waals surface area (Å²) >= 11 is 0. The van der Waals surface area contributed by atoms with Gasteiger partial charge in [-0.1, -0.05) is 19.1 Å². The number of nitrogens with two attached hydrogens (primary N) is 1. The second kappa shape index (κ2) is 7.14. The Morgan fingerprint density at radius 1 is 1.42 bits per heavy atom. The van der Waals surface area contributed by atoms with Crippen molar-refractivity contribution >= 4 is 5.97 Å². The Kier molecular flexibility index (Phi) is 5.33. The van der Waals surface area contributed by atoms with Crippen molar-refractivity contribution in [3.63, 3.8) is 0 Å². The van der Waals surface area contributed by atoms with E-state index in [0.29, 0.717) is 18.4 Å². The first kappa shape index (κ1) is 17.9. The second-order valence-electron chi connectivity index (χ2n) is 8.06. The highest BCUT2D eigenvalue weighted by Crippen LogP contribution is 2.56. The van der Waals surface area contributed by atoms with Crippen LogP contribution in [0.15, 0.2) is 12.2 Å². The fourth-order valence-electron chi connectivity index (χ4n) is 5.23. The van der Waals surface area contributed by atoms with Crippen molar-refractivity contribution in [2.75, 3.05) is 27.3 Å². The number of hydrogen-bond donors (Lipinski definition) is 1. The summed E-state index contributed by atoms with van der Waals surface area (Å²) in [5.74, 6) is 0.865. The molecule has 0 spiro atoms. The Bertz CT molecular complexity index is 490. The van der Waals surface area contributed by atoms with E-state index in [2.05, 4.69) is 18.8 Å². The third kappa shape index (κ3) is 3.26. The van der Waals surface area contributed by atoms with Gasteiger partial charge in [0.25, 0.3) is 0 Å². The maximum absolute atomic E-state index is 12.4. The van der Waals surface area contributed by atoms with Crippen molar-refractivity contribution < 1.29 is 24.3 Å². The van der Waals surface area contributed by atoms with Gasteiger partial charge in [0.05, 0.1) is 6.54 Å². The van der Waals surface area contributed by atoms with E-state index >= 15 is 0 Å². The van der Waals surface area contributed by atoms with Crippen LogP contribution in [0.25, 0.3) is 0 Å². The van der Waals surface area contributed by atoms with E-state index in [1.807, 2.05) is 0 Å². The molecule has 2 aliphatic carbocycles. The molecule has 1 saturated heterocycles. The molecule has 5 heteroatoms. The van der Waals surface area contributed by atoms with Gasteiger partial charge in [-0.2, -0.15) is 0 Å². The SMILES string of the molecule is C=C1CCC[C@]2(C)C[C@H]3OC(=O)[C@H](C[NH2+]CC(OC)OC)[C@H]3C[C@H]12. The molecule has 0 aromatic carbocycles. The van der Waals surface area contributed by atoms with Gasteiger partial charge in [-0.05, 0) is 43.4 Å². The number of methoxy groups -OCH3 is 2. The topological polar surface area (TPSA) is 61.4 Å². The molecular formula is C19H32NO4+. The molecule has 0 unspecified atom stereocenters. The predicted molar refractivity (Wildman–Crippen MR) is 90.1 cm³/mol. The zero-order chi connectivity index (χ0) is 17.3. The standard InChI is InChI=1S/C19H31NO4/c1-12-6-5-7-19(2)9-16-13(8-15(12)19)14(18(21)24-16)10-20-11-17(22-3)23-4/h13-17,20H,1,5-11H2,2-4H3/p+1/t13-,14-,15-,16-,19-/m1/s1. The summed E-state index contributed by atoms with van der Waals surface area (Å²) in [5.41, 5.74) is 1.66. The maximum Gasteiger partial charge on any atom is 0.315 e. The lowest BCUT2D eigenvalue weighted by Gasteiger charge is -2.49. The molecule has 136 valence electrons. The van der Waals surface area contributed by atoms with Crippen molar-refractivity contribution in [2.45, 2.75) is 51.4 Å². The van der Waals surface area contributed by atoms with Gasteiger partial charge >= 0.3 is 5.97 Å². The largest absolute Gasteiger partial charge is 0.462 e. The first-order chi connectivity index (χ1) is 11.5. The minimum absolute atomic E-state index is 0.0105. The zero-order valence-electron chi connectivity index (χ0n) is 15.3. The van der Waals surface area contributed by atoms with Gasteiger partial charge in [0.1, 0.15) is 18.6 Å². The molecule has 0 radical (unpaired) electrons. The molecule has 1 aliphatic heterocycles. The molecule has 0 aromatic heterocycles. The Morgan fingerprint density at radius 3 is 2.88 bits per heavy atom. The van der Waals surface area contributed by atoms with E-state index < -0.39 is 0 Å². The fourth-order valence-corrected chi connectivity index (χ4v) is 5.23. The number of esters is 1. The second-order valence-corrected chi connectivity index (χ2v) is 8.06. The maximum atomic E-state index is 12.4. The number of ether oxygens (including phenoxy) is 3. The summed E-state index contributed by atoms with van der Waals surface area (Å²) in [6.45, 7) is 8.16. The minimum atomic E-state index is -0.231. The van der Waals surface area contributed by atoms with Crippen LogP contribution in [0.2, 0.25) is 0 Å². The van der Waals surface area contributed by atoms with Gasteiger partial charge in [-0.3, -0.25) is 4.79 Å². The normalized spacial score (nSPS) is 38.8. The average Bonchev–Trinajstić information content (AvgIpc) is 2.84. The van der Waals surface area contributed by atoms with Gasteiger partial charge in [-0.25, -0.2) is 0 Å². The number of carbonyl (C=O) groups excluding carboxylic acids is 1. The highest BCUT2D eigenvalue weighted by Gasteiger charge is 2.55. The molecule has 3 aliphatic rings. The van der Waals surface area contributed by atoms with Crippen LogP contribution < -0.4 is 5.32 Å². The van der Waals surface area contributed by atoms with Gasteiger partial charge in [-0.15, -0.1) is 0 Å². The summed E-state index contributed by atoms with van der Waals surface area (Å²) in [6.07, 6.45) is 5.54. The van der Waals surface area contributed by atoms with E-state index in [-0.39, 0.29) is 29.7 Å². The third-order valence-electron chi connectivity index (χ3n) is 6.63. The Morgan fingerprint density at radius 2 is 2.17 bits per heavy atom. The highest BCUT2D eigenvalue weighted by atomic mass is 16.7. The molecule has 3 fully saturated rings. The van der Waals surface area contributed by atoms with Gasteiger partial charge in [0.2, 0.25) is 6.29 Å². The number of hydrogen-bond acceptors (Lipinski definition) is 4. The van der Waals surface area contributed by atoms with Crippen LogP contribution in [0.3, 0.4) is 0 Å². The van der Waals surface area contributed by atoms with Crippen molar-refractivity contribution in [1.82, 2.24) is 0 Å². The average molecular weight is 338 g/mol. The van der Waals surface area contributed by atoms with Crippen LogP contribution in [0.5, 0.6) is 0 Å². The van der Waals surface area contributed by atoms with E-state index in [0.717, 1.165) is 25.8 Å². The van der Waals surface area contributed by atoms with Crippen LogP contribution >= 0.6 is 0 Å². The number of rotatable bonds is 6. The summed E-state index contributed by atoms with van der Waals surface area (Å²) in [7, 11) is 3.27. The number of carbonyl (C=O) groups is 1. The van der Waals surface area contributed by atoms with Crippen LogP contribution in [0.1, 0.15) is 39.0 Å². The number of allylic oxidation sites excluding steroid dienone is 1. The Hall–Kier alpha value is -0.910. The lowest BCUT2D eigenvalue weighted by molar-refractivity contribution is -0.671. The lowest BCUT2D eigenvalue weighted by atomic mass is 9.55. The monoisotopic (exact) mass is 338 g/mol. The highest BCUT2D eigenvalue weighted by molar-refractivity contribution is 5.75. The van der Waals surface area contributed by atoms with E-state index in [1.54, 1.807) is 14.2 Å². The molecule has 1 heterocycles. The quantitative estimate of drug-likeness (QED) is 0.453. The van der Waals surface area contributed by atoms with E-state index in [1.165, 1.54) is 18.4 Å². The Labute approximate surface area is 145 Å². The van der Waals surface area contributed by atoms with Crippen molar-refractivity contribution in [2.24, 2.45) is 23.2 Å². The van der Waals surface area contributed by atoms with E-state index in [9.17, 15) is 4.79 Å². The van der Waals surface area contributed by atoms with Crippen molar-refractivity contribution in [3.05, 3.63) is 12.2 Å². The van der Waals surface area contributed by atoms with Crippen LogP contribution in [0, 0.1) is 23.2 Å². The van der Waals surface area contributed by atoms with Crippen LogP contribution in [-0.2, 0) is 19.0 Å². The van der Waals surface area contributed by atoms with E-state index in [4.69, 9.17) is 14.2 Å². The molecule has 0 amide bonds. The third-order valence-corrected chi connectivity index (χ3v) is 6.63. The number of quaternary nitrogens is 1. The first-order valence-electron chi connectivity index (χ1n) is 9.24. The zero-order valence-corrected chi connectivity index (χ0v) is 15.3. The van der Waals surface area contributed by atoms with Gasteiger partial charge < -0.3 is 19.5 Å². The van der Waals surface area contributed by atoms with Crippen molar-refractivity contribution in [1.29, 1.82) is 0 Å². The summed E-state index contributed by atoms with van der Waals surface area (Å²) < 4.78 is 16.2. The van der Waals surface area contributed by atoms with Crippen molar-refractivity contribution in [3.8, 4) is 0 Å². The molecule has 24 heavy (non-hydrogen) atoms. The molecule has 0 aromatic rings. The molecular weight excluding hydrogens is 306 g/mol.